The smallest absolute Gasteiger partial charge is 0.224 e. The molecule has 21 heavy (non-hydrogen) atoms. The maximum absolute atomic E-state index is 12.8. The highest BCUT2D eigenvalue weighted by Crippen LogP contribution is 2.41. The minimum Gasteiger partial charge on any atom is -0.338 e. The van der Waals surface area contributed by atoms with Crippen LogP contribution in [0, 0.1) is 22.7 Å². The molecule has 2 rings (SSSR count). The average Bonchev–Trinajstić information content (AvgIpc) is 2.41. The molecule has 1 unspecified atom stereocenters. The first-order valence-electron chi connectivity index (χ1n) is 8.72. The van der Waals surface area contributed by atoms with E-state index in [-0.39, 0.29) is 17.2 Å². The Bertz CT molecular complexity index is 400. The summed E-state index contributed by atoms with van der Waals surface area (Å²) in [5, 5.41) is 12.8. The molecule has 0 aliphatic heterocycles. The molecule has 1 atom stereocenters. The second-order valence-electron chi connectivity index (χ2n) is 7.74. The summed E-state index contributed by atoms with van der Waals surface area (Å²) in [5.41, 5.74) is -0.536. The van der Waals surface area contributed by atoms with Gasteiger partial charge in [-0.2, -0.15) is 5.26 Å². The van der Waals surface area contributed by atoms with Crippen molar-refractivity contribution in [3.05, 3.63) is 0 Å². The van der Waals surface area contributed by atoms with Crippen molar-refractivity contribution in [3.63, 3.8) is 0 Å². The van der Waals surface area contributed by atoms with E-state index in [4.69, 9.17) is 0 Å². The molecular weight excluding hydrogens is 260 g/mol. The number of nitriles is 1. The second kappa shape index (κ2) is 6.81. The number of hydrogen-bond donors (Lipinski definition) is 1. The Hall–Kier alpha value is -1.04. The highest BCUT2D eigenvalue weighted by Gasteiger charge is 2.40. The minimum absolute atomic E-state index is 0.0700. The van der Waals surface area contributed by atoms with Crippen LogP contribution in [-0.2, 0) is 4.79 Å². The number of amides is 1. The molecule has 3 nitrogen and oxygen atoms in total. The largest absolute Gasteiger partial charge is 0.338 e. The fourth-order valence-corrected chi connectivity index (χ4v) is 4.08. The number of nitrogens with zero attached hydrogens (tertiary/aromatic N) is 1. The zero-order valence-corrected chi connectivity index (χ0v) is 13.7. The van der Waals surface area contributed by atoms with Gasteiger partial charge in [-0.3, -0.25) is 4.79 Å². The lowest BCUT2D eigenvalue weighted by Crippen LogP contribution is -2.52. The van der Waals surface area contributed by atoms with Crippen LogP contribution in [0.1, 0.15) is 84.5 Å². The summed E-state index contributed by atoms with van der Waals surface area (Å²) in [6, 6.07) is 2.45. The van der Waals surface area contributed by atoms with Crippen molar-refractivity contribution in [2.24, 2.45) is 11.3 Å². The average molecular weight is 290 g/mol. The van der Waals surface area contributed by atoms with Crippen molar-refractivity contribution >= 4 is 5.91 Å². The van der Waals surface area contributed by atoms with Crippen molar-refractivity contribution in [1.82, 2.24) is 5.32 Å². The van der Waals surface area contributed by atoms with Crippen molar-refractivity contribution in [2.45, 2.75) is 90.0 Å². The Kier molecular flexibility index (Phi) is 5.30. The highest BCUT2D eigenvalue weighted by molar-refractivity contribution is 5.80. The van der Waals surface area contributed by atoms with Gasteiger partial charge in [0.25, 0.3) is 0 Å². The van der Waals surface area contributed by atoms with E-state index < -0.39 is 5.54 Å². The summed E-state index contributed by atoms with van der Waals surface area (Å²) in [6.45, 7) is 4.40. The number of nitrogens with one attached hydrogen (secondary N) is 1. The van der Waals surface area contributed by atoms with Gasteiger partial charge in [-0.25, -0.2) is 0 Å². The van der Waals surface area contributed by atoms with Crippen LogP contribution in [0.2, 0.25) is 0 Å². The first-order valence-corrected chi connectivity index (χ1v) is 8.72. The third kappa shape index (κ3) is 3.99. The lowest BCUT2D eigenvalue weighted by Gasteiger charge is -2.40. The lowest BCUT2D eigenvalue weighted by atomic mass is 9.68. The van der Waals surface area contributed by atoms with Gasteiger partial charge in [0.1, 0.15) is 5.54 Å². The topological polar surface area (TPSA) is 52.9 Å². The van der Waals surface area contributed by atoms with E-state index >= 15 is 0 Å². The summed E-state index contributed by atoms with van der Waals surface area (Å²) < 4.78 is 0. The lowest BCUT2D eigenvalue weighted by molar-refractivity contribution is -0.131. The zero-order chi connectivity index (χ0) is 15.3. The molecular formula is C18H30N2O. The number of rotatable bonds is 2. The van der Waals surface area contributed by atoms with Gasteiger partial charge in [0, 0.05) is 5.92 Å². The molecule has 3 heteroatoms. The van der Waals surface area contributed by atoms with E-state index in [0.717, 1.165) is 44.9 Å². The van der Waals surface area contributed by atoms with Crippen LogP contribution in [0.25, 0.3) is 0 Å². The maximum atomic E-state index is 12.8. The summed E-state index contributed by atoms with van der Waals surface area (Å²) >= 11 is 0. The summed E-state index contributed by atoms with van der Waals surface area (Å²) in [5.74, 6) is 0.198. The standard InChI is InChI=1S/C18H30N2O/c1-17(2)11-9-6-10-15(17)16(21)20-18(14-19)12-7-4-3-5-8-13-18/h15H,3-13H2,1-2H3,(H,20,21). The molecule has 2 saturated carbocycles. The van der Waals surface area contributed by atoms with Gasteiger partial charge in [-0.15, -0.1) is 0 Å². The molecule has 0 spiro atoms. The van der Waals surface area contributed by atoms with Crippen LogP contribution >= 0.6 is 0 Å². The summed E-state index contributed by atoms with van der Waals surface area (Å²) in [7, 11) is 0. The predicted octanol–water partition coefficient (Wildman–Crippen LogP) is 4.33. The Morgan fingerprint density at radius 3 is 2.14 bits per heavy atom. The Balaban J connectivity index is 2.06. The van der Waals surface area contributed by atoms with Crippen LogP contribution in [0.4, 0.5) is 0 Å². The molecule has 1 amide bonds. The van der Waals surface area contributed by atoms with Crippen LogP contribution in [-0.4, -0.2) is 11.4 Å². The molecule has 2 aliphatic rings. The quantitative estimate of drug-likeness (QED) is 0.823. The maximum Gasteiger partial charge on any atom is 0.224 e. The van der Waals surface area contributed by atoms with Gasteiger partial charge in [-0.1, -0.05) is 58.8 Å². The number of carbonyl (C=O) groups excluding carboxylic acids is 1. The molecule has 0 aromatic carbocycles. The third-order valence-electron chi connectivity index (χ3n) is 5.61. The van der Waals surface area contributed by atoms with Crippen molar-refractivity contribution in [2.75, 3.05) is 0 Å². The van der Waals surface area contributed by atoms with Gasteiger partial charge in [0.05, 0.1) is 6.07 Å². The first-order chi connectivity index (χ1) is 9.99. The molecule has 0 bridgehead atoms. The first kappa shape index (κ1) is 16.3. The molecule has 0 saturated heterocycles. The summed E-state index contributed by atoms with van der Waals surface area (Å²) in [6.07, 6.45) is 11.9. The van der Waals surface area contributed by atoms with Gasteiger partial charge in [0.15, 0.2) is 0 Å². The van der Waals surface area contributed by atoms with Crippen molar-refractivity contribution in [1.29, 1.82) is 5.26 Å². The molecule has 2 fully saturated rings. The molecule has 0 radical (unpaired) electrons. The number of carbonyl (C=O) groups is 1. The Morgan fingerprint density at radius 1 is 1.00 bits per heavy atom. The van der Waals surface area contributed by atoms with E-state index in [0.29, 0.717) is 0 Å². The zero-order valence-electron chi connectivity index (χ0n) is 13.7. The highest BCUT2D eigenvalue weighted by atomic mass is 16.2. The van der Waals surface area contributed by atoms with E-state index in [9.17, 15) is 10.1 Å². The van der Waals surface area contributed by atoms with Crippen LogP contribution in [0.5, 0.6) is 0 Å². The van der Waals surface area contributed by atoms with Crippen molar-refractivity contribution in [3.8, 4) is 6.07 Å². The van der Waals surface area contributed by atoms with E-state index in [2.05, 4.69) is 25.2 Å². The molecule has 0 heterocycles. The molecule has 0 aromatic rings. The van der Waals surface area contributed by atoms with Gasteiger partial charge < -0.3 is 5.32 Å². The molecule has 118 valence electrons. The van der Waals surface area contributed by atoms with Gasteiger partial charge >= 0.3 is 0 Å². The van der Waals surface area contributed by atoms with Gasteiger partial charge in [0.2, 0.25) is 5.91 Å². The molecule has 2 aliphatic carbocycles. The number of hydrogen-bond acceptors (Lipinski definition) is 2. The second-order valence-corrected chi connectivity index (χ2v) is 7.74. The SMILES string of the molecule is CC1(C)CCCCC1C(=O)NC1(C#N)CCCCCCC1. The Labute approximate surface area is 129 Å². The van der Waals surface area contributed by atoms with Gasteiger partial charge in [-0.05, 0) is 31.1 Å². The fourth-order valence-electron chi connectivity index (χ4n) is 4.08. The normalized spacial score (nSPS) is 28.7. The third-order valence-corrected chi connectivity index (χ3v) is 5.61. The minimum atomic E-state index is -0.606. The van der Waals surface area contributed by atoms with Crippen molar-refractivity contribution < 1.29 is 4.79 Å². The van der Waals surface area contributed by atoms with Crippen LogP contribution in [0.15, 0.2) is 0 Å². The van der Waals surface area contributed by atoms with E-state index in [1.54, 1.807) is 0 Å². The fraction of sp³-hybridized carbons (Fsp3) is 0.889. The van der Waals surface area contributed by atoms with E-state index in [1.165, 1.54) is 25.7 Å². The Morgan fingerprint density at radius 2 is 1.57 bits per heavy atom. The molecule has 0 aromatic heterocycles. The van der Waals surface area contributed by atoms with Crippen LogP contribution < -0.4 is 5.32 Å². The van der Waals surface area contributed by atoms with Crippen LogP contribution in [0.3, 0.4) is 0 Å². The predicted molar refractivity (Wildman–Crippen MR) is 84.5 cm³/mol. The summed E-state index contributed by atoms with van der Waals surface area (Å²) in [4.78, 5) is 12.8. The van der Waals surface area contributed by atoms with E-state index in [1.807, 2.05) is 0 Å². The monoisotopic (exact) mass is 290 g/mol. The molecule has 1 N–H and O–H groups in total.